The summed E-state index contributed by atoms with van der Waals surface area (Å²) in [6.45, 7) is 2.94. The SMILES string of the molecule is CCCCCCCCCCCCCCCCCCN[C@@H](C(=O)N[C@@H](CCC(N)=O)C(=O)O)c1ccccc1. The maximum atomic E-state index is 13.0. The Balaban J connectivity index is 2.22. The number of hydrogen-bond donors (Lipinski definition) is 4. The topological polar surface area (TPSA) is 122 Å². The molecule has 0 aliphatic carbocycles. The first kappa shape index (κ1) is 33.6. The number of benzene rings is 1. The van der Waals surface area contributed by atoms with Gasteiger partial charge in [-0.1, -0.05) is 134 Å². The van der Waals surface area contributed by atoms with E-state index in [1.54, 1.807) is 0 Å². The molecule has 1 aromatic carbocycles. The third-order valence-corrected chi connectivity index (χ3v) is 7.07. The summed E-state index contributed by atoms with van der Waals surface area (Å²) in [5.74, 6) is -2.18. The Bertz CT molecular complexity index is 757. The second-order valence-electron chi connectivity index (χ2n) is 10.5. The number of aliphatic carboxylic acids is 1. The molecule has 0 aromatic heterocycles. The van der Waals surface area contributed by atoms with Crippen molar-refractivity contribution in [1.29, 1.82) is 0 Å². The molecule has 0 saturated heterocycles. The molecule has 0 saturated carbocycles. The highest BCUT2D eigenvalue weighted by atomic mass is 16.4. The molecule has 1 aromatic rings. The van der Waals surface area contributed by atoms with Gasteiger partial charge < -0.3 is 21.5 Å². The van der Waals surface area contributed by atoms with E-state index < -0.39 is 29.9 Å². The van der Waals surface area contributed by atoms with Gasteiger partial charge in [0, 0.05) is 6.42 Å². The van der Waals surface area contributed by atoms with Crippen molar-refractivity contribution >= 4 is 17.8 Å². The molecular weight excluding hydrogens is 478 g/mol. The molecule has 0 aliphatic rings. The molecule has 7 nitrogen and oxygen atoms in total. The van der Waals surface area contributed by atoms with E-state index in [0.29, 0.717) is 6.54 Å². The van der Waals surface area contributed by atoms with Crippen LogP contribution in [0.2, 0.25) is 0 Å². The summed E-state index contributed by atoms with van der Waals surface area (Å²) >= 11 is 0. The number of carbonyl (C=O) groups excluding carboxylic acids is 2. The van der Waals surface area contributed by atoms with Crippen molar-refractivity contribution in [1.82, 2.24) is 10.6 Å². The summed E-state index contributed by atoms with van der Waals surface area (Å²) in [4.78, 5) is 35.6. The van der Waals surface area contributed by atoms with Crippen LogP contribution in [0.1, 0.15) is 134 Å². The average Bonchev–Trinajstić information content (AvgIpc) is 2.90. The predicted octanol–water partition coefficient (Wildman–Crippen LogP) is 6.41. The second-order valence-corrected chi connectivity index (χ2v) is 10.5. The van der Waals surface area contributed by atoms with Gasteiger partial charge in [0.1, 0.15) is 12.1 Å². The van der Waals surface area contributed by atoms with Crippen LogP contribution in [0.15, 0.2) is 30.3 Å². The van der Waals surface area contributed by atoms with Crippen LogP contribution in [0.5, 0.6) is 0 Å². The van der Waals surface area contributed by atoms with E-state index in [0.717, 1.165) is 18.4 Å². The molecule has 5 N–H and O–H groups in total. The molecule has 2 amide bonds. The smallest absolute Gasteiger partial charge is 0.326 e. The molecule has 1 rings (SSSR count). The molecule has 0 heterocycles. The Hall–Kier alpha value is -2.41. The number of amides is 2. The summed E-state index contributed by atoms with van der Waals surface area (Å²) in [6.07, 6.45) is 20.8. The second kappa shape index (κ2) is 22.6. The van der Waals surface area contributed by atoms with Crippen molar-refractivity contribution in [2.45, 2.75) is 135 Å². The van der Waals surface area contributed by atoms with E-state index in [1.807, 2.05) is 30.3 Å². The molecule has 0 spiro atoms. The van der Waals surface area contributed by atoms with Crippen molar-refractivity contribution in [2.24, 2.45) is 5.73 Å². The van der Waals surface area contributed by atoms with Gasteiger partial charge >= 0.3 is 5.97 Å². The minimum atomic E-state index is -1.18. The van der Waals surface area contributed by atoms with Crippen LogP contribution in [0.3, 0.4) is 0 Å². The zero-order valence-electron chi connectivity index (χ0n) is 23.7. The standard InChI is InChI=1S/C31H53N3O4/c1-2-3-4-5-6-7-8-9-10-11-12-13-14-15-16-20-25-33-29(26-21-18-17-19-22-26)30(36)34-27(31(37)38)23-24-28(32)35/h17-19,21-22,27,29,33H,2-16,20,23-25H2,1H3,(H2,32,35)(H,34,36)(H,37,38)/t27-,29+/m0/s1. The normalized spacial score (nSPS) is 12.7. The van der Waals surface area contributed by atoms with Gasteiger partial charge in [-0.15, -0.1) is 0 Å². The fraction of sp³-hybridized carbons (Fsp3) is 0.710. The van der Waals surface area contributed by atoms with Crippen LogP contribution in [0.25, 0.3) is 0 Å². The third-order valence-electron chi connectivity index (χ3n) is 7.07. The highest BCUT2D eigenvalue weighted by molar-refractivity contribution is 5.88. The van der Waals surface area contributed by atoms with Crippen LogP contribution < -0.4 is 16.4 Å². The first-order chi connectivity index (χ1) is 18.5. The molecular formula is C31H53N3O4. The lowest BCUT2D eigenvalue weighted by Gasteiger charge is -2.22. The number of carboxylic acids is 1. The number of unbranched alkanes of at least 4 members (excludes halogenated alkanes) is 15. The van der Waals surface area contributed by atoms with Crippen molar-refractivity contribution in [3.8, 4) is 0 Å². The quantitative estimate of drug-likeness (QED) is 0.109. The molecule has 0 aliphatic heterocycles. The first-order valence-electron chi connectivity index (χ1n) is 15.1. The van der Waals surface area contributed by atoms with Gasteiger partial charge in [0.25, 0.3) is 0 Å². The molecule has 38 heavy (non-hydrogen) atoms. The van der Waals surface area contributed by atoms with E-state index >= 15 is 0 Å². The van der Waals surface area contributed by atoms with Gasteiger partial charge in [-0.05, 0) is 24.9 Å². The Kier molecular flexibility index (Phi) is 20.0. The van der Waals surface area contributed by atoms with Gasteiger partial charge in [-0.3, -0.25) is 9.59 Å². The summed E-state index contributed by atoms with van der Waals surface area (Å²) in [6, 6.07) is 7.48. The van der Waals surface area contributed by atoms with Gasteiger partial charge in [-0.2, -0.15) is 0 Å². The predicted molar refractivity (Wildman–Crippen MR) is 155 cm³/mol. The minimum absolute atomic E-state index is 0.0307. The van der Waals surface area contributed by atoms with Crippen LogP contribution in [-0.2, 0) is 14.4 Å². The Morgan fingerprint density at radius 1 is 0.763 bits per heavy atom. The Morgan fingerprint density at radius 2 is 1.24 bits per heavy atom. The highest BCUT2D eigenvalue weighted by Gasteiger charge is 2.26. The lowest BCUT2D eigenvalue weighted by molar-refractivity contribution is -0.142. The van der Waals surface area contributed by atoms with E-state index in [9.17, 15) is 19.5 Å². The molecule has 2 atom stereocenters. The number of primary amides is 1. The zero-order chi connectivity index (χ0) is 27.8. The third kappa shape index (κ3) is 17.2. The average molecular weight is 532 g/mol. The fourth-order valence-electron chi connectivity index (χ4n) is 4.73. The number of rotatable bonds is 25. The van der Waals surface area contributed by atoms with Crippen molar-refractivity contribution < 1.29 is 19.5 Å². The molecule has 0 radical (unpaired) electrons. The molecule has 216 valence electrons. The largest absolute Gasteiger partial charge is 0.480 e. The number of nitrogens with two attached hydrogens (primary N) is 1. The van der Waals surface area contributed by atoms with E-state index in [4.69, 9.17) is 5.73 Å². The van der Waals surface area contributed by atoms with E-state index in [1.165, 1.54) is 89.9 Å². The summed E-state index contributed by atoms with van der Waals surface area (Å²) < 4.78 is 0. The van der Waals surface area contributed by atoms with E-state index in [2.05, 4.69) is 17.6 Å². The minimum Gasteiger partial charge on any atom is -0.480 e. The van der Waals surface area contributed by atoms with Crippen LogP contribution in [0, 0.1) is 0 Å². The van der Waals surface area contributed by atoms with Gasteiger partial charge in [0.05, 0.1) is 0 Å². The Labute approximate surface area is 230 Å². The summed E-state index contributed by atoms with van der Waals surface area (Å²) in [5.41, 5.74) is 5.92. The lowest BCUT2D eigenvalue weighted by Crippen LogP contribution is -2.46. The fourth-order valence-corrected chi connectivity index (χ4v) is 4.73. The molecule has 0 bridgehead atoms. The highest BCUT2D eigenvalue weighted by Crippen LogP contribution is 2.16. The lowest BCUT2D eigenvalue weighted by atomic mass is 10.0. The van der Waals surface area contributed by atoms with Crippen molar-refractivity contribution in [3.05, 3.63) is 35.9 Å². The maximum Gasteiger partial charge on any atom is 0.326 e. The van der Waals surface area contributed by atoms with Crippen molar-refractivity contribution in [2.75, 3.05) is 6.54 Å². The first-order valence-corrected chi connectivity index (χ1v) is 15.1. The van der Waals surface area contributed by atoms with Crippen LogP contribution in [-0.4, -0.2) is 35.5 Å². The molecule has 0 unspecified atom stereocenters. The Morgan fingerprint density at radius 3 is 1.68 bits per heavy atom. The zero-order valence-corrected chi connectivity index (χ0v) is 23.7. The van der Waals surface area contributed by atoms with E-state index in [-0.39, 0.29) is 12.8 Å². The van der Waals surface area contributed by atoms with Gasteiger partial charge in [-0.25, -0.2) is 4.79 Å². The van der Waals surface area contributed by atoms with Crippen LogP contribution >= 0.6 is 0 Å². The summed E-state index contributed by atoms with van der Waals surface area (Å²) in [7, 11) is 0. The number of hydrogen-bond acceptors (Lipinski definition) is 4. The van der Waals surface area contributed by atoms with Crippen molar-refractivity contribution in [3.63, 3.8) is 0 Å². The van der Waals surface area contributed by atoms with Crippen LogP contribution in [0.4, 0.5) is 0 Å². The molecule has 0 fully saturated rings. The van der Waals surface area contributed by atoms with Gasteiger partial charge in [0.2, 0.25) is 11.8 Å². The number of carboxylic acid groups (broad SMARTS) is 1. The molecule has 7 heteroatoms. The monoisotopic (exact) mass is 531 g/mol. The number of nitrogens with one attached hydrogen (secondary N) is 2. The maximum absolute atomic E-state index is 13.0. The van der Waals surface area contributed by atoms with Gasteiger partial charge in [0.15, 0.2) is 0 Å². The summed E-state index contributed by atoms with van der Waals surface area (Å²) in [5, 5.41) is 15.3. The number of carbonyl (C=O) groups is 3.